The van der Waals surface area contributed by atoms with Gasteiger partial charge < -0.3 is 14.8 Å². The van der Waals surface area contributed by atoms with Crippen molar-refractivity contribution < 1.29 is 19.1 Å². The van der Waals surface area contributed by atoms with Crippen LogP contribution in [0.2, 0.25) is 0 Å². The number of carbonyl (C=O) groups is 2. The number of amides is 1. The van der Waals surface area contributed by atoms with E-state index in [-0.39, 0.29) is 42.0 Å². The Morgan fingerprint density at radius 3 is 2.90 bits per heavy atom. The van der Waals surface area contributed by atoms with Crippen molar-refractivity contribution in [2.24, 2.45) is 34.6 Å². The number of ether oxygens (including phenoxy) is 2. The molecule has 1 aromatic rings. The monoisotopic (exact) mass is 410 g/mol. The molecule has 2 aliphatic heterocycles. The second-order valence-corrected chi connectivity index (χ2v) is 9.29. The van der Waals surface area contributed by atoms with E-state index in [1.54, 1.807) is 0 Å². The number of cyclic esters (lactones) is 1. The Balaban J connectivity index is 1.41. The summed E-state index contributed by atoms with van der Waals surface area (Å²) in [7, 11) is 0. The Bertz CT molecular complexity index is 882. The summed E-state index contributed by atoms with van der Waals surface area (Å²) in [6.07, 6.45) is 4.20. The SMILES string of the molecule is CCOC(=O)N[C@@H]1CC[C@@H]2[C@@H](C1)C[C@H]1C(=O)O[C@H](C)[C@H]1[C@H]2C1=Nc2ccccc2C1. The summed E-state index contributed by atoms with van der Waals surface area (Å²) in [5.74, 6) is 1.25. The van der Waals surface area contributed by atoms with Crippen molar-refractivity contribution in [2.45, 2.75) is 58.1 Å². The summed E-state index contributed by atoms with van der Waals surface area (Å²) in [6, 6.07) is 8.46. The topological polar surface area (TPSA) is 77.0 Å². The van der Waals surface area contributed by atoms with E-state index >= 15 is 0 Å². The fourth-order valence-electron chi connectivity index (χ4n) is 6.56. The van der Waals surface area contributed by atoms with E-state index in [2.05, 4.69) is 23.5 Å². The fraction of sp³-hybridized carbons (Fsp3) is 0.625. The van der Waals surface area contributed by atoms with E-state index in [0.717, 1.165) is 37.8 Å². The van der Waals surface area contributed by atoms with E-state index in [1.165, 1.54) is 11.3 Å². The molecule has 5 rings (SSSR count). The van der Waals surface area contributed by atoms with E-state index in [9.17, 15) is 9.59 Å². The van der Waals surface area contributed by atoms with Crippen molar-refractivity contribution in [1.29, 1.82) is 0 Å². The molecule has 0 bridgehead atoms. The fourth-order valence-corrected chi connectivity index (χ4v) is 6.56. The first-order chi connectivity index (χ1) is 14.5. The third-order valence-corrected chi connectivity index (χ3v) is 7.69. The minimum Gasteiger partial charge on any atom is -0.462 e. The summed E-state index contributed by atoms with van der Waals surface area (Å²) in [4.78, 5) is 29.6. The van der Waals surface area contributed by atoms with E-state index in [0.29, 0.717) is 18.4 Å². The molecule has 0 spiro atoms. The molecular weight excluding hydrogens is 380 g/mol. The summed E-state index contributed by atoms with van der Waals surface area (Å²) in [5.41, 5.74) is 3.58. The third-order valence-electron chi connectivity index (χ3n) is 7.69. The lowest BCUT2D eigenvalue weighted by Gasteiger charge is -2.48. The highest BCUT2D eigenvalue weighted by Crippen LogP contribution is 2.54. The quantitative estimate of drug-likeness (QED) is 0.763. The molecule has 0 aromatic heterocycles. The molecule has 160 valence electrons. The van der Waals surface area contributed by atoms with E-state index in [1.807, 2.05) is 19.9 Å². The maximum absolute atomic E-state index is 12.7. The molecule has 0 unspecified atom stereocenters. The number of esters is 1. The zero-order valence-electron chi connectivity index (χ0n) is 17.7. The number of hydrogen-bond donors (Lipinski definition) is 1. The van der Waals surface area contributed by atoms with Gasteiger partial charge in [-0.3, -0.25) is 9.79 Å². The molecule has 2 saturated carbocycles. The van der Waals surface area contributed by atoms with Gasteiger partial charge in [0.2, 0.25) is 0 Å². The Kier molecular flexibility index (Phi) is 5.03. The first-order valence-corrected chi connectivity index (χ1v) is 11.3. The lowest BCUT2D eigenvalue weighted by atomic mass is 9.55. The highest BCUT2D eigenvalue weighted by Gasteiger charge is 2.56. The molecule has 1 N–H and O–H groups in total. The van der Waals surface area contributed by atoms with Crippen molar-refractivity contribution in [3.8, 4) is 0 Å². The number of benzene rings is 1. The third kappa shape index (κ3) is 3.30. The first kappa shape index (κ1) is 19.6. The lowest BCUT2D eigenvalue weighted by Crippen LogP contribution is -2.51. The average molecular weight is 411 g/mol. The molecule has 1 amide bonds. The maximum atomic E-state index is 12.7. The van der Waals surface area contributed by atoms with Crippen LogP contribution in [-0.4, -0.2) is 36.5 Å². The van der Waals surface area contributed by atoms with Crippen LogP contribution in [0.25, 0.3) is 0 Å². The van der Waals surface area contributed by atoms with Gasteiger partial charge in [-0.05, 0) is 63.0 Å². The Hall–Kier alpha value is -2.37. The summed E-state index contributed by atoms with van der Waals surface area (Å²) < 4.78 is 10.8. The second-order valence-electron chi connectivity index (χ2n) is 9.29. The maximum Gasteiger partial charge on any atom is 0.407 e. The number of aliphatic imine (C=N–C) groups is 1. The Morgan fingerprint density at radius 1 is 1.27 bits per heavy atom. The summed E-state index contributed by atoms with van der Waals surface area (Å²) in [5, 5.41) is 3.02. The molecule has 30 heavy (non-hydrogen) atoms. The van der Waals surface area contributed by atoms with Crippen molar-refractivity contribution in [3.63, 3.8) is 0 Å². The molecule has 1 saturated heterocycles. The van der Waals surface area contributed by atoms with Crippen molar-refractivity contribution >= 4 is 23.5 Å². The van der Waals surface area contributed by atoms with Gasteiger partial charge in [-0.2, -0.15) is 0 Å². The minimum atomic E-state index is -0.337. The van der Waals surface area contributed by atoms with Crippen molar-refractivity contribution in [2.75, 3.05) is 6.61 Å². The van der Waals surface area contributed by atoms with Gasteiger partial charge >= 0.3 is 12.1 Å². The van der Waals surface area contributed by atoms with Crippen LogP contribution in [0.1, 0.15) is 45.1 Å². The van der Waals surface area contributed by atoms with Crippen LogP contribution in [0.15, 0.2) is 29.3 Å². The van der Waals surface area contributed by atoms with E-state index < -0.39 is 0 Å². The number of hydrogen-bond acceptors (Lipinski definition) is 5. The van der Waals surface area contributed by atoms with Crippen LogP contribution in [-0.2, 0) is 20.7 Å². The van der Waals surface area contributed by atoms with Crippen LogP contribution in [0.5, 0.6) is 0 Å². The minimum absolute atomic E-state index is 0.0486. The normalized spacial score (nSPS) is 36.8. The molecule has 1 aromatic carbocycles. The number of nitrogens with one attached hydrogen (secondary N) is 1. The Morgan fingerprint density at radius 2 is 2.10 bits per heavy atom. The predicted molar refractivity (Wildman–Crippen MR) is 113 cm³/mol. The zero-order chi connectivity index (χ0) is 20.8. The average Bonchev–Trinajstić information content (AvgIpc) is 3.27. The van der Waals surface area contributed by atoms with Gasteiger partial charge in [-0.25, -0.2) is 4.79 Å². The second kappa shape index (κ2) is 7.71. The summed E-state index contributed by atoms with van der Waals surface area (Å²) in [6.45, 7) is 4.24. The van der Waals surface area contributed by atoms with Gasteiger partial charge in [-0.1, -0.05) is 18.2 Å². The number of fused-ring (bicyclic) bond motifs is 3. The standard InChI is InChI=1S/C24H30N2O4/c1-3-29-24(28)25-16-8-9-17-15(10-16)11-18-21(13(2)30-23(18)27)22(17)20-12-14-6-4-5-7-19(14)26-20/h4-7,13,15-18,21-22H,3,8-12H2,1-2H3,(H,25,28)/t13-,15+,16-,17-,18-,21-,22-/m1/s1. The van der Waals surface area contributed by atoms with Gasteiger partial charge in [-0.15, -0.1) is 0 Å². The van der Waals surface area contributed by atoms with Crippen LogP contribution < -0.4 is 5.32 Å². The van der Waals surface area contributed by atoms with Gasteiger partial charge in [0.25, 0.3) is 0 Å². The van der Waals surface area contributed by atoms with Crippen LogP contribution >= 0.6 is 0 Å². The predicted octanol–water partition coefficient (Wildman–Crippen LogP) is 4.04. The molecule has 2 aliphatic carbocycles. The highest BCUT2D eigenvalue weighted by atomic mass is 16.6. The largest absolute Gasteiger partial charge is 0.462 e. The van der Waals surface area contributed by atoms with Crippen molar-refractivity contribution in [1.82, 2.24) is 5.32 Å². The van der Waals surface area contributed by atoms with Gasteiger partial charge in [0.15, 0.2) is 0 Å². The van der Waals surface area contributed by atoms with Crippen LogP contribution in [0, 0.1) is 29.6 Å². The molecular formula is C24H30N2O4. The highest BCUT2D eigenvalue weighted by molar-refractivity contribution is 5.97. The van der Waals surface area contributed by atoms with Gasteiger partial charge in [0.05, 0.1) is 18.2 Å². The zero-order valence-corrected chi connectivity index (χ0v) is 17.7. The number of nitrogens with zero attached hydrogens (tertiary/aromatic N) is 1. The van der Waals surface area contributed by atoms with Crippen LogP contribution in [0.3, 0.4) is 0 Å². The lowest BCUT2D eigenvalue weighted by molar-refractivity contribution is -0.144. The molecule has 6 nitrogen and oxygen atoms in total. The molecule has 0 radical (unpaired) electrons. The van der Waals surface area contributed by atoms with Gasteiger partial charge in [0, 0.05) is 30.0 Å². The first-order valence-electron chi connectivity index (χ1n) is 11.3. The Labute approximate surface area is 177 Å². The molecule has 6 heteroatoms. The van der Waals surface area contributed by atoms with Gasteiger partial charge in [0.1, 0.15) is 6.10 Å². The molecule has 7 atom stereocenters. The number of alkyl carbamates (subject to hydrolysis) is 1. The molecule has 2 heterocycles. The smallest absolute Gasteiger partial charge is 0.407 e. The number of rotatable bonds is 3. The van der Waals surface area contributed by atoms with E-state index in [4.69, 9.17) is 14.5 Å². The van der Waals surface area contributed by atoms with Crippen molar-refractivity contribution in [3.05, 3.63) is 29.8 Å². The summed E-state index contributed by atoms with van der Waals surface area (Å²) >= 11 is 0. The van der Waals surface area contributed by atoms with Crippen LogP contribution in [0.4, 0.5) is 10.5 Å². The molecule has 4 aliphatic rings. The number of para-hydroxylation sites is 1. The molecule has 3 fully saturated rings. The number of carbonyl (C=O) groups excluding carboxylic acids is 2.